The summed E-state index contributed by atoms with van der Waals surface area (Å²) in [5.74, 6) is -0.212. The Bertz CT molecular complexity index is 722. The average molecular weight is 417 g/mol. The minimum absolute atomic E-state index is 0.0433. The van der Waals surface area contributed by atoms with Crippen molar-refractivity contribution in [3.63, 3.8) is 0 Å². The number of hydrogen-bond donors (Lipinski definition) is 1. The molecule has 2 rings (SSSR count). The summed E-state index contributed by atoms with van der Waals surface area (Å²) in [6.45, 7) is 1.75. The van der Waals surface area contributed by atoms with Crippen molar-refractivity contribution in [2.24, 2.45) is 0 Å². The van der Waals surface area contributed by atoms with Gasteiger partial charge in [-0.1, -0.05) is 11.2 Å². The standard InChI is InChI=1S/C14H11Br2NO4/c1-7-5-11(21-17-7)9(14(19)20-2)6-8-3-4-10(15)13(18)12(8)16/h3-6,18H,1-2H3/b9-6-. The lowest BCUT2D eigenvalue weighted by Crippen LogP contribution is -2.03. The maximum atomic E-state index is 11.9. The molecule has 2 aromatic rings. The van der Waals surface area contributed by atoms with Crippen LogP contribution < -0.4 is 0 Å². The highest BCUT2D eigenvalue weighted by Gasteiger charge is 2.18. The van der Waals surface area contributed by atoms with Crippen LogP contribution in [0, 0.1) is 6.92 Å². The van der Waals surface area contributed by atoms with E-state index in [4.69, 9.17) is 9.26 Å². The first-order valence-corrected chi connectivity index (χ1v) is 7.43. The van der Waals surface area contributed by atoms with Crippen molar-refractivity contribution in [3.8, 4) is 5.75 Å². The Hall–Kier alpha value is -1.60. The van der Waals surface area contributed by atoms with Gasteiger partial charge in [0.15, 0.2) is 5.76 Å². The Kier molecular flexibility index (Phi) is 4.84. The summed E-state index contributed by atoms with van der Waals surface area (Å²) in [5, 5.41) is 13.7. The molecule has 0 fully saturated rings. The minimum atomic E-state index is -0.555. The fourth-order valence-corrected chi connectivity index (χ4v) is 2.71. The van der Waals surface area contributed by atoms with Crippen molar-refractivity contribution in [3.05, 3.63) is 44.2 Å². The number of carbonyl (C=O) groups excluding carboxylic acids is 1. The summed E-state index contributed by atoms with van der Waals surface area (Å²) >= 11 is 6.50. The summed E-state index contributed by atoms with van der Waals surface area (Å²) in [6.07, 6.45) is 1.56. The van der Waals surface area contributed by atoms with Crippen molar-refractivity contribution in [1.82, 2.24) is 5.16 Å². The number of esters is 1. The van der Waals surface area contributed by atoms with Crippen molar-refractivity contribution < 1.29 is 19.2 Å². The van der Waals surface area contributed by atoms with Gasteiger partial charge in [0.25, 0.3) is 0 Å². The van der Waals surface area contributed by atoms with Crippen LogP contribution in [-0.4, -0.2) is 23.3 Å². The predicted molar refractivity (Wildman–Crippen MR) is 84.6 cm³/mol. The molecule has 1 heterocycles. The van der Waals surface area contributed by atoms with Crippen molar-refractivity contribution >= 4 is 49.5 Å². The largest absolute Gasteiger partial charge is 0.506 e. The molecule has 0 saturated carbocycles. The first-order valence-electron chi connectivity index (χ1n) is 5.84. The second kappa shape index (κ2) is 6.44. The van der Waals surface area contributed by atoms with E-state index in [1.165, 1.54) is 7.11 Å². The molecule has 0 aliphatic rings. The molecule has 1 aromatic carbocycles. The van der Waals surface area contributed by atoms with E-state index in [1.54, 1.807) is 31.2 Å². The molecule has 0 unspecified atom stereocenters. The number of nitrogens with zero attached hydrogens (tertiary/aromatic N) is 1. The third-order valence-electron chi connectivity index (χ3n) is 2.70. The van der Waals surface area contributed by atoms with Crippen LogP contribution in [0.25, 0.3) is 11.6 Å². The van der Waals surface area contributed by atoms with Crippen LogP contribution in [0.3, 0.4) is 0 Å². The summed E-state index contributed by atoms with van der Waals surface area (Å²) in [4.78, 5) is 11.9. The Morgan fingerprint density at radius 2 is 2.14 bits per heavy atom. The smallest absolute Gasteiger partial charge is 0.341 e. The van der Waals surface area contributed by atoms with E-state index in [0.29, 0.717) is 26.0 Å². The van der Waals surface area contributed by atoms with E-state index in [1.807, 2.05) is 0 Å². The van der Waals surface area contributed by atoms with Gasteiger partial charge in [0.05, 0.1) is 21.7 Å². The molecule has 5 nitrogen and oxygen atoms in total. The Morgan fingerprint density at radius 3 is 2.71 bits per heavy atom. The summed E-state index contributed by atoms with van der Waals surface area (Å²) in [7, 11) is 1.29. The molecule has 0 spiro atoms. The quantitative estimate of drug-likeness (QED) is 0.606. The van der Waals surface area contributed by atoms with Gasteiger partial charge < -0.3 is 14.4 Å². The maximum absolute atomic E-state index is 11.9. The molecule has 1 N–H and O–H groups in total. The van der Waals surface area contributed by atoms with E-state index in [-0.39, 0.29) is 11.3 Å². The minimum Gasteiger partial charge on any atom is -0.506 e. The highest BCUT2D eigenvalue weighted by molar-refractivity contribution is 9.11. The van der Waals surface area contributed by atoms with Crippen LogP contribution in [-0.2, 0) is 9.53 Å². The molecule has 0 aliphatic heterocycles. The van der Waals surface area contributed by atoms with Gasteiger partial charge in [-0.15, -0.1) is 0 Å². The molecule has 0 amide bonds. The zero-order valence-electron chi connectivity index (χ0n) is 11.2. The molecule has 0 bridgehead atoms. The number of benzene rings is 1. The van der Waals surface area contributed by atoms with E-state index in [9.17, 15) is 9.90 Å². The molecule has 0 radical (unpaired) electrons. The highest BCUT2D eigenvalue weighted by Crippen LogP contribution is 2.36. The Balaban J connectivity index is 2.56. The zero-order chi connectivity index (χ0) is 15.6. The van der Waals surface area contributed by atoms with Gasteiger partial charge in [-0.25, -0.2) is 4.79 Å². The number of ether oxygens (including phenoxy) is 1. The lowest BCUT2D eigenvalue weighted by atomic mass is 10.1. The van der Waals surface area contributed by atoms with Gasteiger partial charge in [-0.2, -0.15) is 0 Å². The first kappa shape index (κ1) is 15.8. The van der Waals surface area contributed by atoms with Crippen LogP contribution in [0.4, 0.5) is 0 Å². The second-order valence-electron chi connectivity index (χ2n) is 4.18. The van der Waals surface area contributed by atoms with Gasteiger partial charge >= 0.3 is 5.97 Å². The molecule has 110 valence electrons. The SMILES string of the molecule is COC(=O)/C(=C\c1ccc(Br)c(O)c1Br)c1cc(C)no1. The average Bonchev–Trinajstić information content (AvgIpc) is 2.89. The summed E-state index contributed by atoms with van der Waals surface area (Å²) < 4.78 is 10.9. The number of halogens is 2. The number of phenols is 1. The van der Waals surface area contributed by atoms with Gasteiger partial charge in [-0.3, -0.25) is 0 Å². The summed E-state index contributed by atoms with van der Waals surface area (Å²) in [5.41, 5.74) is 1.46. The van der Waals surface area contributed by atoms with E-state index in [0.717, 1.165) is 0 Å². The zero-order valence-corrected chi connectivity index (χ0v) is 14.4. The number of hydrogen-bond acceptors (Lipinski definition) is 5. The second-order valence-corrected chi connectivity index (χ2v) is 5.83. The maximum Gasteiger partial charge on any atom is 0.341 e. The van der Waals surface area contributed by atoms with Gasteiger partial charge in [0.2, 0.25) is 0 Å². The first-order chi connectivity index (χ1) is 9.93. The normalized spacial score (nSPS) is 11.5. The Morgan fingerprint density at radius 1 is 1.43 bits per heavy atom. The molecule has 0 saturated heterocycles. The molecule has 0 aliphatic carbocycles. The lowest BCUT2D eigenvalue weighted by molar-refractivity contribution is -0.133. The number of methoxy groups -OCH3 is 1. The van der Waals surface area contributed by atoms with Crippen LogP contribution in [0.15, 0.2) is 31.7 Å². The van der Waals surface area contributed by atoms with Gasteiger partial charge in [0, 0.05) is 6.07 Å². The van der Waals surface area contributed by atoms with Crippen LogP contribution >= 0.6 is 31.9 Å². The van der Waals surface area contributed by atoms with Crippen molar-refractivity contribution in [2.45, 2.75) is 6.92 Å². The van der Waals surface area contributed by atoms with Crippen LogP contribution in [0.1, 0.15) is 17.0 Å². The third kappa shape index (κ3) is 3.36. The summed E-state index contributed by atoms with van der Waals surface area (Å²) in [6, 6.07) is 5.04. The number of carbonyl (C=O) groups is 1. The van der Waals surface area contributed by atoms with Crippen LogP contribution in [0.2, 0.25) is 0 Å². The fraction of sp³-hybridized carbons (Fsp3) is 0.143. The molecular formula is C14H11Br2NO4. The molecule has 0 atom stereocenters. The topological polar surface area (TPSA) is 72.6 Å². The molecule has 7 heteroatoms. The Labute approximate surface area is 137 Å². The molecule has 21 heavy (non-hydrogen) atoms. The monoisotopic (exact) mass is 415 g/mol. The fourth-order valence-electron chi connectivity index (χ4n) is 1.65. The number of aryl methyl sites for hydroxylation is 1. The van der Waals surface area contributed by atoms with Crippen LogP contribution in [0.5, 0.6) is 5.75 Å². The molecule has 1 aromatic heterocycles. The van der Waals surface area contributed by atoms with Crippen molar-refractivity contribution in [2.75, 3.05) is 7.11 Å². The number of aromatic nitrogens is 1. The number of aromatic hydroxyl groups is 1. The number of rotatable bonds is 3. The van der Waals surface area contributed by atoms with E-state index >= 15 is 0 Å². The van der Waals surface area contributed by atoms with E-state index < -0.39 is 5.97 Å². The lowest BCUT2D eigenvalue weighted by Gasteiger charge is -2.06. The predicted octanol–water partition coefficient (Wildman–Crippen LogP) is 3.93. The van der Waals surface area contributed by atoms with Gasteiger partial charge in [0.1, 0.15) is 11.3 Å². The van der Waals surface area contributed by atoms with E-state index in [2.05, 4.69) is 37.0 Å². The highest BCUT2D eigenvalue weighted by atomic mass is 79.9. The van der Waals surface area contributed by atoms with Gasteiger partial charge in [-0.05, 0) is 56.5 Å². The van der Waals surface area contributed by atoms with Crippen molar-refractivity contribution in [1.29, 1.82) is 0 Å². The number of phenolic OH excluding ortho intramolecular Hbond substituents is 1. The molecular weight excluding hydrogens is 406 g/mol. The third-order valence-corrected chi connectivity index (χ3v) is 4.17.